The van der Waals surface area contributed by atoms with E-state index in [-0.39, 0.29) is 6.29 Å². The third-order valence-electron chi connectivity index (χ3n) is 3.62. The molecule has 0 saturated heterocycles. The van der Waals surface area contributed by atoms with E-state index in [1.807, 2.05) is 13.0 Å². The molecule has 1 aromatic carbocycles. The minimum atomic E-state index is -0.125. The van der Waals surface area contributed by atoms with E-state index in [0.29, 0.717) is 0 Å². The second-order valence-corrected chi connectivity index (χ2v) is 4.90. The molecule has 1 heterocycles. The number of para-hydroxylation sites is 1. The van der Waals surface area contributed by atoms with Crippen molar-refractivity contribution in [2.24, 2.45) is 5.92 Å². The van der Waals surface area contributed by atoms with Crippen molar-refractivity contribution >= 4 is 0 Å². The van der Waals surface area contributed by atoms with Gasteiger partial charge in [-0.05, 0) is 24.0 Å². The molecule has 0 amide bonds. The number of rotatable bonds is 2. The molecule has 1 aliphatic carbocycles. The standard InChI is InChI=1S/C14H18O2/c1-10-15-13-8-4-7-12(14(13)16-10)9-11-5-2-3-6-11/h4,7-8,10-11H,2-3,5-6,9H2,1H3. The first-order valence-corrected chi connectivity index (χ1v) is 6.28. The summed E-state index contributed by atoms with van der Waals surface area (Å²) in [5.74, 6) is 2.76. The Morgan fingerprint density at radius 1 is 1.19 bits per heavy atom. The number of hydrogen-bond donors (Lipinski definition) is 0. The smallest absolute Gasteiger partial charge is 0.238 e. The molecular formula is C14H18O2. The van der Waals surface area contributed by atoms with Crippen molar-refractivity contribution in [2.75, 3.05) is 0 Å². The van der Waals surface area contributed by atoms with E-state index < -0.39 is 0 Å². The van der Waals surface area contributed by atoms with Gasteiger partial charge in [-0.3, -0.25) is 0 Å². The summed E-state index contributed by atoms with van der Waals surface area (Å²) in [7, 11) is 0. The van der Waals surface area contributed by atoms with Gasteiger partial charge in [0.2, 0.25) is 6.29 Å². The second-order valence-electron chi connectivity index (χ2n) is 4.90. The highest BCUT2D eigenvalue weighted by molar-refractivity contribution is 5.48. The average Bonchev–Trinajstić information content (AvgIpc) is 2.86. The van der Waals surface area contributed by atoms with Crippen LogP contribution in [0.15, 0.2) is 18.2 Å². The summed E-state index contributed by atoms with van der Waals surface area (Å²) in [6, 6.07) is 6.25. The van der Waals surface area contributed by atoms with Crippen molar-refractivity contribution < 1.29 is 9.47 Å². The molecule has 0 radical (unpaired) electrons. The van der Waals surface area contributed by atoms with Gasteiger partial charge in [-0.15, -0.1) is 0 Å². The van der Waals surface area contributed by atoms with Gasteiger partial charge < -0.3 is 9.47 Å². The first kappa shape index (κ1) is 10.0. The van der Waals surface area contributed by atoms with Crippen LogP contribution in [0, 0.1) is 5.92 Å². The predicted octanol–water partition coefficient (Wildman–Crippen LogP) is 3.54. The van der Waals surface area contributed by atoms with E-state index >= 15 is 0 Å². The Morgan fingerprint density at radius 3 is 2.81 bits per heavy atom. The topological polar surface area (TPSA) is 18.5 Å². The third kappa shape index (κ3) is 1.77. The van der Waals surface area contributed by atoms with E-state index in [2.05, 4.69) is 12.1 Å². The SMILES string of the molecule is CC1Oc2cccc(CC3CCCC3)c2O1. The van der Waals surface area contributed by atoms with Crippen molar-refractivity contribution in [1.82, 2.24) is 0 Å². The molecule has 2 heteroatoms. The van der Waals surface area contributed by atoms with Crippen LogP contribution < -0.4 is 9.47 Å². The Balaban J connectivity index is 1.82. The van der Waals surface area contributed by atoms with Crippen LogP contribution in [0.25, 0.3) is 0 Å². The van der Waals surface area contributed by atoms with Gasteiger partial charge in [0.15, 0.2) is 11.5 Å². The van der Waals surface area contributed by atoms with Crippen LogP contribution in [0.2, 0.25) is 0 Å². The van der Waals surface area contributed by atoms with Crippen LogP contribution in [-0.4, -0.2) is 6.29 Å². The van der Waals surface area contributed by atoms with Crippen LogP contribution in [0.4, 0.5) is 0 Å². The Kier molecular flexibility index (Phi) is 2.50. The van der Waals surface area contributed by atoms with Gasteiger partial charge >= 0.3 is 0 Å². The Hall–Kier alpha value is -1.18. The maximum atomic E-state index is 5.73. The number of hydrogen-bond acceptors (Lipinski definition) is 2. The summed E-state index contributed by atoms with van der Waals surface area (Å²) in [6.07, 6.45) is 6.57. The molecule has 0 N–H and O–H groups in total. The fraction of sp³-hybridized carbons (Fsp3) is 0.571. The molecule has 0 aromatic heterocycles. The van der Waals surface area contributed by atoms with E-state index in [1.165, 1.54) is 31.2 Å². The number of benzene rings is 1. The highest BCUT2D eigenvalue weighted by Gasteiger charge is 2.25. The van der Waals surface area contributed by atoms with Gasteiger partial charge in [-0.1, -0.05) is 37.8 Å². The van der Waals surface area contributed by atoms with Crippen molar-refractivity contribution in [1.29, 1.82) is 0 Å². The fourth-order valence-corrected chi connectivity index (χ4v) is 2.84. The zero-order chi connectivity index (χ0) is 11.0. The first-order valence-electron chi connectivity index (χ1n) is 6.28. The minimum absolute atomic E-state index is 0.125. The number of ether oxygens (including phenoxy) is 2. The largest absolute Gasteiger partial charge is 0.451 e. The summed E-state index contributed by atoms with van der Waals surface area (Å²) in [5, 5.41) is 0. The van der Waals surface area contributed by atoms with Gasteiger partial charge in [0, 0.05) is 6.92 Å². The zero-order valence-electron chi connectivity index (χ0n) is 9.74. The lowest BCUT2D eigenvalue weighted by atomic mass is 9.97. The van der Waals surface area contributed by atoms with Gasteiger partial charge in [0.05, 0.1) is 0 Å². The predicted molar refractivity (Wildman–Crippen MR) is 62.8 cm³/mol. The lowest BCUT2D eigenvalue weighted by molar-refractivity contribution is 0.0672. The summed E-state index contributed by atoms with van der Waals surface area (Å²) < 4.78 is 11.3. The molecule has 2 nitrogen and oxygen atoms in total. The zero-order valence-corrected chi connectivity index (χ0v) is 9.74. The molecule has 0 bridgehead atoms. The van der Waals surface area contributed by atoms with Gasteiger partial charge in [-0.25, -0.2) is 0 Å². The molecule has 86 valence electrons. The highest BCUT2D eigenvalue weighted by atomic mass is 16.7. The van der Waals surface area contributed by atoms with E-state index in [1.54, 1.807) is 0 Å². The summed E-state index contributed by atoms with van der Waals surface area (Å²) in [4.78, 5) is 0. The van der Waals surface area contributed by atoms with Crippen molar-refractivity contribution in [3.05, 3.63) is 23.8 Å². The number of fused-ring (bicyclic) bond motifs is 1. The summed E-state index contributed by atoms with van der Waals surface area (Å²) in [6.45, 7) is 1.94. The molecule has 1 aromatic rings. The lowest BCUT2D eigenvalue weighted by Gasteiger charge is -2.11. The van der Waals surface area contributed by atoms with Crippen LogP contribution in [0.1, 0.15) is 38.2 Å². The van der Waals surface area contributed by atoms with E-state index in [9.17, 15) is 0 Å². The van der Waals surface area contributed by atoms with Crippen molar-refractivity contribution in [3.63, 3.8) is 0 Å². The molecular weight excluding hydrogens is 200 g/mol. The molecule has 2 aliphatic rings. The monoisotopic (exact) mass is 218 g/mol. The van der Waals surface area contributed by atoms with E-state index in [0.717, 1.165) is 23.8 Å². The van der Waals surface area contributed by atoms with Crippen LogP contribution in [-0.2, 0) is 6.42 Å². The van der Waals surface area contributed by atoms with Crippen molar-refractivity contribution in [2.45, 2.75) is 45.3 Å². The maximum Gasteiger partial charge on any atom is 0.238 e. The summed E-state index contributed by atoms with van der Waals surface area (Å²) >= 11 is 0. The molecule has 1 saturated carbocycles. The Labute approximate surface area is 96.6 Å². The van der Waals surface area contributed by atoms with Gasteiger partial charge in [0.25, 0.3) is 0 Å². The van der Waals surface area contributed by atoms with Crippen LogP contribution >= 0.6 is 0 Å². The molecule has 1 unspecified atom stereocenters. The lowest BCUT2D eigenvalue weighted by Crippen LogP contribution is -2.11. The van der Waals surface area contributed by atoms with Crippen LogP contribution in [0.5, 0.6) is 11.5 Å². The normalized spacial score (nSPS) is 23.9. The van der Waals surface area contributed by atoms with E-state index in [4.69, 9.17) is 9.47 Å². The molecule has 16 heavy (non-hydrogen) atoms. The van der Waals surface area contributed by atoms with Gasteiger partial charge in [0.1, 0.15) is 0 Å². The molecule has 3 rings (SSSR count). The fourth-order valence-electron chi connectivity index (χ4n) is 2.84. The van der Waals surface area contributed by atoms with Crippen molar-refractivity contribution in [3.8, 4) is 11.5 Å². The third-order valence-corrected chi connectivity index (χ3v) is 3.62. The average molecular weight is 218 g/mol. The molecule has 1 fully saturated rings. The maximum absolute atomic E-state index is 5.73. The Morgan fingerprint density at radius 2 is 2.00 bits per heavy atom. The van der Waals surface area contributed by atoms with Crippen LogP contribution in [0.3, 0.4) is 0 Å². The quantitative estimate of drug-likeness (QED) is 0.756. The molecule has 1 aliphatic heterocycles. The molecule has 1 atom stereocenters. The minimum Gasteiger partial charge on any atom is -0.451 e. The molecule has 0 spiro atoms. The highest BCUT2D eigenvalue weighted by Crippen LogP contribution is 2.40. The van der Waals surface area contributed by atoms with Gasteiger partial charge in [-0.2, -0.15) is 0 Å². The summed E-state index contributed by atoms with van der Waals surface area (Å²) in [5.41, 5.74) is 1.33. The first-order chi connectivity index (χ1) is 7.83. The Bertz CT molecular complexity index is 380. The second kappa shape index (κ2) is 4.00.